The molecule has 0 spiro atoms. The summed E-state index contributed by atoms with van der Waals surface area (Å²) < 4.78 is 0. The zero-order valence-electron chi connectivity index (χ0n) is 12.2. The van der Waals surface area contributed by atoms with Crippen molar-refractivity contribution in [3.8, 4) is 0 Å². The average Bonchev–Trinajstić information content (AvgIpc) is 2.89. The first kappa shape index (κ1) is 16.0. The third-order valence-corrected chi connectivity index (χ3v) is 3.66. The van der Waals surface area contributed by atoms with Gasteiger partial charge in [-0.25, -0.2) is 0 Å². The SMILES string of the molecule is CC(C)CCN(C(=O)CNC(=O)CN)C1CCCC1. The number of amides is 2. The quantitative estimate of drug-likeness (QED) is 0.720. The number of nitrogens with one attached hydrogen (secondary N) is 1. The summed E-state index contributed by atoms with van der Waals surface area (Å²) in [5.41, 5.74) is 5.22. The minimum atomic E-state index is -0.274. The van der Waals surface area contributed by atoms with Crippen molar-refractivity contribution in [3.05, 3.63) is 0 Å². The molecule has 5 nitrogen and oxygen atoms in total. The maximum atomic E-state index is 12.2. The van der Waals surface area contributed by atoms with Crippen molar-refractivity contribution in [2.45, 2.75) is 52.0 Å². The van der Waals surface area contributed by atoms with Gasteiger partial charge in [0, 0.05) is 12.6 Å². The zero-order valence-corrected chi connectivity index (χ0v) is 12.2. The number of nitrogens with zero attached hydrogens (tertiary/aromatic N) is 1. The highest BCUT2D eigenvalue weighted by Crippen LogP contribution is 2.24. The van der Waals surface area contributed by atoms with Crippen molar-refractivity contribution in [3.63, 3.8) is 0 Å². The van der Waals surface area contributed by atoms with E-state index in [4.69, 9.17) is 5.73 Å². The van der Waals surface area contributed by atoms with Gasteiger partial charge in [0.2, 0.25) is 11.8 Å². The van der Waals surface area contributed by atoms with Crippen LogP contribution in [-0.2, 0) is 9.59 Å². The lowest BCUT2D eigenvalue weighted by Crippen LogP contribution is -2.46. The third kappa shape index (κ3) is 5.59. The monoisotopic (exact) mass is 269 g/mol. The van der Waals surface area contributed by atoms with Gasteiger partial charge in [-0.05, 0) is 25.2 Å². The van der Waals surface area contributed by atoms with Gasteiger partial charge >= 0.3 is 0 Å². The fourth-order valence-electron chi connectivity index (χ4n) is 2.47. The number of hydrogen-bond acceptors (Lipinski definition) is 3. The van der Waals surface area contributed by atoms with Gasteiger partial charge in [0.15, 0.2) is 0 Å². The summed E-state index contributed by atoms with van der Waals surface area (Å²) in [6, 6.07) is 0.362. The summed E-state index contributed by atoms with van der Waals surface area (Å²) in [6.45, 7) is 5.12. The van der Waals surface area contributed by atoms with Gasteiger partial charge in [-0.2, -0.15) is 0 Å². The molecule has 0 aromatic rings. The smallest absolute Gasteiger partial charge is 0.242 e. The highest BCUT2D eigenvalue weighted by atomic mass is 16.2. The molecule has 0 heterocycles. The normalized spacial score (nSPS) is 15.8. The fourth-order valence-corrected chi connectivity index (χ4v) is 2.47. The molecule has 0 aromatic carbocycles. The minimum absolute atomic E-state index is 0.0225. The second-order valence-corrected chi connectivity index (χ2v) is 5.69. The summed E-state index contributed by atoms with van der Waals surface area (Å²) in [6.07, 6.45) is 5.59. The van der Waals surface area contributed by atoms with Crippen molar-refractivity contribution in [2.24, 2.45) is 11.7 Å². The van der Waals surface area contributed by atoms with E-state index in [1.807, 2.05) is 4.90 Å². The Balaban J connectivity index is 2.50. The molecule has 0 unspecified atom stereocenters. The van der Waals surface area contributed by atoms with Crippen LogP contribution in [0.15, 0.2) is 0 Å². The van der Waals surface area contributed by atoms with Gasteiger partial charge in [-0.15, -0.1) is 0 Å². The van der Waals surface area contributed by atoms with Crippen LogP contribution in [0.25, 0.3) is 0 Å². The molecule has 0 aliphatic heterocycles. The Labute approximate surface area is 115 Å². The van der Waals surface area contributed by atoms with E-state index in [9.17, 15) is 9.59 Å². The van der Waals surface area contributed by atoms with Gasteiger partial charge in [-0.3, -0.25) is 9.59 Å². The molecule has 1 saturated carbocycles. The van der Waals surface area contributed by atoms with Crippen molar-refractivity contribution in [1.29, 1.82) is 0 Å². The fraction of sp³-hybridized carbons (Fsp3) is 0.857. The molecule has 110 valence electrons. The van der Waals surface area contributed by atoms with Gasteiger partial charge < -0.3 is 16.0 Å². The Morgan fingerprint density at radius 1 is 1.32 bits per heavy atom. The van der Waals surface area contributed by atoms with Crippen molar-refractivity contribution < 1.29 is 9.59 Å². The molecule has 19 heavy (non-hydrogen) atoms. The minimum Gasteiger partial charge on any atom is -0.346 e. The van der Waals surface area contributed by atoms with Gasteiger partial charge in [0.1, 0.15) is 0 Å². The molecule has 0 radical (unpaired) electrons. The van der Waals surface area contributed by atoms with Gasteiger partial charge in [0.05, 0.1) is 13.1 Å². The molecule has 1 aliphatic carbocycles. The summed E-state index contributed by atoms with van der Waals surface area (Å²) in [5.74, 6) is 0.327. The average molecular weight is 269 g/mol. The lowest BCUT2D eigenvalue weighted by atomic mass is 10.1. The molecule has 2 amide bonds. The van der Waals surface area contributed by atoms with Crippen molar-refractivity contribution in [2.75, 3.05) is 19.6 Å². The van der Waals surface area contributed by atoms with Gasteiger partial charge in [0.25, 0.3) is 0 Å². The Morgan fingerprint density at radius 3 is 2.47 bits per heavy atom. The van der Waals surface area contributed by atoms with E-state index in [2.05, 4.69) is 19.2 Å². The predicted molar refractivity (Wildman–Crippen MR) is 75.5 cm³/mol. The maximum absolute atomic E-state index is 12.2. The van der Waals surface area contributed by atoms with E-state index < -0.39 is 0 Å². The second kappa shape index (κ2) is 8.15. The molecule has 0 atom stereocenters. The topological polar surface area (TPSA) is 75.4 Å². The van der Waals surface area contributed by atoms with E-state index in [0.717, 1.165) is 25.8 Å². The molecule has 1 aliphatic rings. The van der Waals surface area contributed by atoms with Crippen LogP contribution >= 0.6 is 0 Å². The van der Waals surface area contributed by atoms with Crippen molar-refractivity contribution >= 4 is 11.8 Å². The van der Waals surface area contributed by atoms with Crippen LogP contribution < -0.4 is 11.1 Å². The summed E-state index contributed by atoms with van der Waals surface area (Å²) in [7, 11) is 0. The maximum Gasteiger partial charge on any atom is 0.242 e. The lowest BCUT2D eigenvalue weighted by molar-refractivity contribution is -0.134. The number of carbonyl (C=O) groups is 2. The largest absolute Gasteiger partial charge is 0.346 e. The van der Waals surface area contributed by atoms with Crippen LogP contribution in [0.3, 0.4) is 0 Å². The zero-order chi connectivity index (χ0) is 14.3. The summed E-state index contributed by atoms with van der Waals surface area (Å²) in [5, 5.41) is 2.57. The third-order valence-electron chi connectivity index (χ3n) is 3.66. The van der Waals surface area contributed by atoms with E-state index in [-0.39, 0.29) is 24.9 Å². The molecule has 1 rings (SSSR count). The first-order valence-corrected chi connectivity index (χ1v) is 7.30. The number of hydrogen-bond donors (Lipinski definition) is 2. The second-order valence-electron chi connectivity index (χ2n) is 5.69. The Morgan fingerprint density at radius 2 is 1.95 bits per heavy atom. The van der Waals surface area contributed by atoms with E-state index in [1.165, 1.54) is 12.8 Å². The first-order chi connectivity index (χ1) is 9.04. The first-order valence-electron chi connectivity index (χ1n) is 7.30. The summed E-state index contributed by atoms with van der Waals surface area (Å²) >= 11 is 0. The van der Waals surface area contributed by atoms with Crippen LogP contribution in [0.2, 0.25) is 0 Å². The number of rotatable bonds is 7. The molecule has 1 fully saturated rings. The molecule has 0 bridgehead atoms. The Kier molecular flexibility index (Phi) is 6.84. The highest BCUT2D eigenvalue weighted by molar-refractivity contribution is 5.85. The molecule has 0 aromatic heterocycles. The predicted octanol–water partition coefficient (Wildman–Crippen LogP) is 0.879. The van der Waals surface area contributed by atoms with Crippen LogP contribution in [-0.4, -0.2) is 42.4 Å². The Hall–Kier alpha value is -1.10. The number of carbonyl (C=O) groups excluding carboxylic acids is 2. The highest BCUT2D eigenvalue weighted by Gasteiger charge is 2.26. The Bertz CT molecular complexity index is 299. The standard InChI is InChI=1S/C14H27N3O2/c1-11(2)7-8-17(12-5-3-4-6-12)14(19)10-16-13(18)9-15/h11-12H,3-10,15H2,1-2H3,(H,16,18). The van der Waals surface area contributed by atoms with Crippen LogP contribution in [0.1, 0.15) is 46.0 Å². The van der Waals surface area contributed by atoms with Crippen LogP contribution in [0.4, 0.5) is 0 Å². The molecule has 3 N–H and O–H groups in total. The van der Waals surface area contributed by atoms with E-state index in [0.29, 0.717) is 12.0 Å². The molecular weight excluding hydrogens is 242 g/mol. The molecular formula is C14H27N3O2. The van der Waals surface area contributed by atoms with Crippen LogP contribution in [0, 0.1) is 5.92 Å². The van der Waals surface area contributed by atoms with E-state index >= 15 is 0 Å². The molecule has 0 saturated heterocycles. The van der Waals surface area contributed by atoms with Crippen LogP contribution in [0.5, 0.6) is 0 Å². The number of nitrogens with two attached hydrogens (primary N) is 1. The van der Waals surface area contributed by atoms with Crippen molar-refractivity contribution in [1.82, 2.24) is 10.2 Å². The van der Waals surface area contributed by atoms with E-state index in [1.54, 1.807) is 0 Å². The lowest BCUT2D eigenvalue weighted by Gasteiger charge is -2.30. The molecule has 5 heteroatoms. The van der Waals surface area contributed by atoms with Gasteiger partial charge in [-0.1, -0.05) is 26.7 Å². The summed E-state index contributed by atoms with van der Waals surface area (Å²) in [4.78, 5) is 25.3.